The van der Waals surface area contributed by atoms with Gasteiger partial charge in [0.2, 0.25) is 0 Å². The van der Waals surface area contributed by atoms with Gasteiger partial charge in [-0.2, -0.15) is 0 Å². The number of nitrogens with one attached hydrogen (secondary N) is 1. The minimum Gasteiger partial charge on any atom is -0.271 e. The average molecular weight is 300 g/mol. The van der Waals surface area contributed by atoms with Crippen molar-refractivity contribution in [3.05, 3.63) is 63.1 Å². The molecule has 0 aliphatic heterocycles. The highest BCUT2D eigenvalue weighted by Crippen LogP contribution is 2.28. The van der Waals surface area contributed by atoms with Crippen LogP contribution in [0.2, 0.25) is 10.0 Å². The predicted molar refractivity (Wildman–Crippen MR) is 74.6 cm³/mol. The summed E-state index contributed by atoms with van der Waals surface area (Å²) in [5.41, 5.74) is 4.29. The van der Waals surface area contributed by atoms with Crippen LogP contribution in [-0.2, 0) is 0 Å². The fraction of sp³-hybridized carbons (Fsp3) is 0.154. The van der Waals surface area contributed by atoms with E-state index in [1.54, 1.807) is 25.1 Å². The van der Waals surface area contributed by atoms with Crippen molar-refractivity contribution in [3.8, 4) is 0 Å². The number of hydrogen-bond donors (Lipinski definition) is 2. The second kappa shape index (κ2) is 5.84. The maximum absolute atomic E-state index is 13.6. The summed E-state index contributed by atoms with van der Waals surface area (Å²) in [6.45, 7) is 1.69. The Morgan fingerprint density at radius 1 is 1.32 bits per heavy atom. The van der Waals surface area contributed by atoms with Crippen LogP contribution in [0.4, 0.5) is 4.39 Å². The van der Waals surface area contributed by atoms with Gasteiger partial charge in [-0.05, 0) is 30.2 Å². The highest BCUT2D eigenvalue weighted by atomic mass is 35.5. The molecule has 6 heteroatoms. The van der Waals surface area contributed by atoms with Crippen molar-refractivity contribution in [1.82, 2.24) is 10.4 Å². The third kappa shape index (κ3) is 3.04. The SMILES string of the molecule is Cc1ccc(C(NN)c2ncc(Cl)cc2Cl)cc1F. The van der Waals surface area contributed by atoms with Crippen molar-refractivity contribution >= 4 is 23.2 Å². The zero-order chi connectivity index (χ0) is 14.0. The molecule has 3 nitrogen and oxygen atoms in total. The van der Waals surface area contributed by atoms with Crippen LogP contribution in [0.1, 0.15) is 22.9 Å². The van der Waals surface area contributed by atoms with Crippen LogP contribution in [0.3, 0.4) is 0 Å². The van der Waals surface area contributed by atoms with E-state index < -0.39 is 6.04 Å². The first-order chi connectivity index (χ1) is 9.02. The lowest BCUT2D eigenvalue weighted by Gasteiger charge is -2.17. The van der Waals surface area contributed by atoms with Crippen LogP contribution in [0.25, 0.3) is 0 Å². The molecule has 0 bridgehead atoms. The van der Waals surface area contributed by atoms with Gasteiger partial charge in [-0.3, -0.25) is 10.8 Å². The maximum Gasteiger partial charge on any atom is 0.126 e. The quantitative estimate of drug-likeness (QED) is 0.675. The Bertz CT molecular complexity index is 604. The smallest absolute Gasteiger partial charge is 0.126 e. The van der Waals surface area contributed by atoms with Crippen LogP contribution in [-0.4, -0.2) is 4.98 Å². The Hall–Kier alpha value is -1.20. The van der Waals surface area contributed by atoms with Gasteiger partial charge in [0.25, 0.3) is 0 Å². The number of hydrogen-bond acceptors (Lipinski definition) is 3. The number of aryl methyl sites for hydroxylation is 1. The normalized spacial score (nSPS) is 12.5. The van der Waals surface area contributed by atoms with Gasteiger partial charge >= 0.3 is 0 Å². The standard InChI is InChI=1S/C13H12Cl2FN3/c1-7-2-3-8(4-11(7)16)12(19-17)13-10(15)5-9(14)6-18-13/h2-6,12,19H,17H2,1H3. The Balaban J connectivity index is 2.46. The fourth-order valence-corrected chi connectivity index (χ4v) is 2.25. The highest BCUT2D eigenvalue weighted by Gasteiger charge is 2.18. The molecule has 0 fully saturated rings. The molecule has 1 unspecified atom stereocenters. The molecule has 0 aliphatic carbocycles. The molecule has 1 atom stereocenters. The van der Waals surface area contributed by atoms with Crippen LogP contribution >= 0.6 is 23.2 Å². The van der Waals surface area contributed by atoms with Crippen molar-refractivity contribution in [2.24, 2.45) is 5.84 Å². The van der Waals surface area contributed by atoms with Crippen LogP contribution in [0, 0.1) is 12.7 Å². The van der Waals surface area contributed by atoms with Crippen LogP contribution in [0.15, 0.2) is 30.5 Å². The predicted octanol–water partition coefficient (Wildman–Crippen LogP) is 3.39. The number of hydrazine groups is 1. The van der Waals surface area contributed by atoms with Gasteiger partial charge in [0.15, 0.2) is 0 Å². The third-order valence-corrected chi connectivity index (χ3v) is 3.32. The van der Waals surface area contributed by atoms with Crippen molar-refractivity contribution in [3.63, 3.8) is 0 Å². The van der Waals surface area contributed by atoms with E-state index in [1.165, 1.54) is 12.3 Å². The van der Waals surface area contributed by atoms with Gasteiger partial charge in [0, 0.05) is 6.20 Å². The van der Waals surface area contributed by atoms with Crippen molar-refractivity contribution in [2.75, 3.05) is 0 Å². The van der Waals surface area contributed by atoms with E-state index in [4.69, 9.17) is 29.0 Å². The first-order valence-electron chi connectivity index (χ1n) is 5.56. The molecule has 2 aromatic rings. The van der Waals surface area contributed by atoms with E-state index in [1.807, 2.05) is 0 Å². The molecule has 1 aromatic heterocycles. The molecule has 0 radical (unpaired) electrons. The van der Waals surface area contributed by atoms with Crippen molar-refractivity contribution < 1.29 is 4.39 Å². The number of halogens is 3. The van der Waals surface area contributed by atoms with E-state index >= 15 is 0 Å². The molecular formula is C13H12Cl2FN3. The monoisotopic (exact) mass is 299 g/mol. The molecule has 3 N–H and O–H groups in total. The second-order valence-corrected chi connectivity index (χ2v) is 4.97. The minimum absolute atomic E-state index is 0.303. The number of aromatic nitrogens is 1. The molecule has 0 amide bonds. The summed E-state index contributed by atoms with van der Waals surface area (Å²) < 4.78 is 13.6. The summed E-state index contributed by atoms with van der Waals surface area (Å²) in [6.07, 6.45) is 1.47. The average Bonchev–Trinajstić information content (AvgIpc) is 2.37. The second-order valence-electron chi connectivity index (χ2n) is 4.13. The van der Waals surface area contributed by atoms with Crippen molar-refractivity contribution in [1.29, 1.82) is 0 Å². The molecule has 0 saturated heterocycles. The van der Waals surface area contributed by atoms with E-state index in [9.17, 15) is 4.39 Å². The van der Waals surface area contributed by atoms with Gasteiger partial charge in [-0.15, -0.1) is 0 Å². The molecule has 0 saturated carbocycles. The van der Waals surface area contributed by atoms with E-state index in [0.29, 0.717) is 26.9 Å². The number of rotatable bonds is 3. The topological polar surface area (TPSA) is 50.9 Å². The summed E-state index contributed by atoms with van der Waals surface area (Å²) >= 11 is 11.9. The largest absolute Gasteiger partial charge is 0.271 e. The Morgan fingerprint density at radius 2 is 2.05 bits per heavy atom. The van der Waals surface area contributed by atoms with Crippen molar-refractivity contribution in [2.45, 2.75) is 13.0 Å². The lowest BCUT2D eigenvalue weighted by atomic mass is 10.0. The molecule has 100 valence electrons. The summed E-state index contributed by atoms with van der Waals surface area (Å²) in [7, 11) is 0. The minimum atomic E-state index is -0.500. The lowest BCUT2D eigenvalue weighted by Crippen LogP contribution is -2.29. The number of nitrogens with two attached hydrogens (primary N) is 1. The summed E-state index contributed by atoms with van der Waals surface area (Å²) in [5, 5.41) is 0.802. The van der Waals surface area contributed by atoms with Gasteiger partial charge < -0.3 is 0 Å². The number of benzene rings is 1. The summed E-state index contributed by atoms with van der Waals surface area (Å²) in [6, 6.07) is 5.93. The lowest BCUT2D eigenvalue weighted by molar-refractivity contribution is 0.593. The van der Waals surface area contributed by atoms with Gasteiger partial charge in [-0.25, -0.2) is 9.82 Å². The fourth-order valence-electron chi connectivity index (χ4n) is 1.76. The molecular weight excluding hydrogens is 288 g/mol. The Labute approximate surface area is 120 Å². The summed E-state index contributed by atoms with van der Waals surface area (Å²) in [4.78, 5) is 4.15. The molecule has 19 heavy (non-hydrogen) atoms. The van der Waals surface area contributed by atoms with Gasteiger partial charge in [0.05, 0.1) is 21.8 Å². The van der Waals surface area contributed by atoms with Gasteiger partial charge in [-0.1, -0.05) is 35.3 Å². The molecule has 0 aliphatic rings. The Morgan fingerprint density at radius 3 is 2.63 bits per heavy atom. The Kier molecular flexibility index (Phi) is 4.37. The number of nitrogens with zero attached hydrogens (tertiary/aromatic N) is 1. The molecule has 1 heterocycles. The van der Waals surface area contributed by atoms with Gasteiger partial charge in [0.1, 0.15) is 5.82 Å². The highest BCUT2D eigenvalue weighted by molar-refractivity contribution is 6.34. The van der Waals surface area contributed by atoms with E-state index in [2.05, 4.69) is 10.4 Å². The van der Waals surface area contributed by atoms with Crippen LogP contribution < -0.4 is 11.3 Å². The summed E-state index contributed by atoms with van der Waals surface area (Å²) in [5.74, 6) is 5.22. The molecule has 2 rings (SSSR count). The molecule has 1 aromatic carbocycles. The zero-order valence-corrected chi connectivity index (χ0v) is 11.6. The van der Waals surface area contributed by atoms with Crippen LogP contribution in [0.5, 0.6) is 0 Å². The molecule has 0 spiro atoms. The number of pyridine rings is 1. The maximum atomic E-state index is 13.6. The van der Waals surface area contributed by atoms with E-state index in [-0.39, 0.29) is 5.82 Å². The first kappa shape index (κ1) is 14.2. The third-order valence-electron chi connectivity index (χ3n) is 2.81. The zero-order valence-electron chi connectivity index (χ0n) is 10.1. The van der Waals surface area contributed by atoms with E-state index in [0.717, 1.165) is 0 Å². The first-order valence-corrected chi connectivity index (χ1v) is 6.31.